The molecule has 3 aliphatic carbocycles. The van der Waals surface area contributed by atoms with Gasteiger partial charge in [0.05, 0.1) is 5.76 Å². The van der Waals surface area contributed by atoms with Crippen LogP contribution in [-0.2, 0) is 9.53 Å². The van der Waals surface area contributed by atoms with E-state index in [1.165, 1.54) is 16.7 Å². The standard InChI is InChI=1S/C24H27ClN2O2/c25-23-14-20-13-18(3-4-19(20)15-26-23)16-5-7-21(8-6-16)29-22-9-11-27(12-10-22)24(28)17-1-2-17/h3-5,7,13,15,17,20,22H,1-2,6,8-12,14H2. The van der Waals surface area contributed by atoms with Gasteiger partial charge in [0, 0.05) is 56.8 Å². The molecular weight excluding hydrogens is 384 g/mol. The van der Waals surface area contributed by atoms with Crippen molar-refractivity contribution in [1.29, 1.82) is 0 Å². The van der Waals surface area contributed by atoms with E-state index in [4.69, 9.17) is 16.3 Å². The Labute approximate surface area is 177 Å². The largest absolute Gasteiger partial charge is 0.495 e. The summed E-state index contributed by atoms with van der Waals surface area (Å²) in [5, 5.41) is 0.683. The van der Waals surface area contributed by atoms with Gasteiger partial charge in [-0.25, -0.2) is 4.99 Å². The summed E-state index contributed by atoms with van der Waals surface area (Å²) in [6, 6.07) is 0. The molecule has 2 aliphatic heterocycles. The molecule has 5 aliphatic rings. The van der Waals surface area contributed by atoms with E-state index in [1.54, 1.807) is 0 Å². The zero-order valence-electron chi connectivity index (χ0n) is 16.6. The van der Waals surface area contributed by atoms with E-state index < -0.39 is 0 Å². The van der Waals surface area contributed by atoms with Crippen LogP contribution in [0.4, 0.5) is 0 Å². The number of hydrogen-bond donors (Lipinski definition) is 0. The molecule has 0 aromatic rings. The van der Waals surface area contributed by atoms with E-state index in [1.807, 2.05) is 11.1 Å². The van der Waals surface area contributed by atoms with Gasteiger partial charge < -0.3 is 9.64 Å². The molecule has 0 aromatic heterocycles. The molecule has 0 spiro atoms. The van der Waals surface area contributed by atoms with Crippen molar-refractivity contribution in [2.45, 2.75) is 51.0 Å². The van der Waals surface area contributed by atoms with Crippen LogP contribution in [0.3, 0.4) is 0 Å². The maximum atomic E-state index is 12.2. The summed E-state index contributed by atoms with van der Waals surface area (Å²) in [4.78, 5) is 18.4. The fourth-order valence-electron chi connectivity index (χ4n) is 4.54. The molecule has 5 heteroatoms. The number of carbonyl (C=O) groups is 1. The van der Waals surface area contributed by atoms with Crippen molar-refractivity contribution in [3.8, 4) is 0 Å². The van der Waals surface area contributed by atoms with Crippen molar-refractivity contribution in [1.82, 2.24) is 4.90 Å². The van der Waals surface area contributed by atoms with Crippen LogP contribution in [-0.4, -0.2) is 35.2 Å². The van der Waals surface area contributed by atoms with E-state index in [0.717, 1.165) is 63.8 Å². The number of allylic oxidation sites excluding steroid dienone is 9. The number of fused-ring (bicyclic) bond motifs is 1. The van der Waals surface area contributed by atoms with Crippen LogP contribution in [0, 0.1) is 11.8 Å². The fraction of sp³-hybridized carbons (Fsp3) is 0.500. The Kier molecular flexibility index (Phi) is 5.21. The number of aliphatic imine (C=N–C) groups is 1. The van der Waals surface area contributed by atoms with Gasteiger partial charge >= 0.3 is 0 Å². The van der Waals surface area contributed by atoms with E-state index in [2.05, 4.69) is 35.4 Å². The molecule has 5 rings (SSSR count). The van der Waals surface area contributed by atoms with Crippen LogP contribution in [0.15, 0.2) is 64.1 Å². The van der Waals surface area contributed by atoms with Gasteiger partial charge in [-0.1, -0.05) is 35.9 Å². The van der Waals surface area contributed by atoms with Crippen LogP contribution in [0.2, 0.25) is 0 Å². The van der Waals surface area contributed by atoms with Gasteiger partial charge in [-0.05, 0) is 42.1 Å². The first-order valence-corrected chi connectivity index (χ1v) is 11.2. The summed E-state index contributed by atoms with van der Waals surface area (Å²) in [6.07, 6.45) is 19.9. The van der Waals surface area contributed by atoms with Crippen molar-refractivity contribution in [3.05, 3.63) is 59.1 Å². The zero-order chi connectivity index (χ0) is 19.8. The second kappa shape index (κ2) is 7.98. The van der Waals surface area contributed by atoms with Crippen LogP contribution in [0.5, 0.6) is 0 Å². The molecule has 1 saturated carbocycles. The third kappa shape index (κ3) is 4.28. The predicted molar refractivity (Wildman–Crippen MR) is 116 cm³/mol. The normalized spacial score (nSPS) is 27.3. The Morgan fingerprint density at radius 2 is 1.93 bits per heavy atom. The summed E-state index contributed by atoms with van der Waals surface area (Å²) >= 11 is 6.12. The Balaban J connectivity index is 1.17. The smallest absolute Gasteiger partial charge is 0.225 e. The van der Waals surface area contributed by atoms with Crippen molar-refractivity contribution >= 4 is 22.7 Å². The highest BCUT2D eigenvalue weighted by Crippen LogP contribution is 2.35. The monoisotopic (exact) mass is 410 g/mol. The predicted octanol–water partition coefficient (Wildman–Crippen LogP) is 5.05. The fourth-order valence-corrected chi connectivity index (χ4v) is 4.75. The summed E-state index contributed by atoms with van der Waals surface area (Å²) in [7, 11) is 0. The van der Waals surface area contributed by atoms with Crippen LogP contribution in [0.1, 0.15) is 44.9 Å². The minimum atomic E-state index is 0.240. The quantitative estimate of drug-likeness (QED) is 0.651. The third-order valence-corrected chi connectivity index (χ3v) is 6.74. The lowest BCUT2D eigenvalue weighted by molar-refractivity contribution is -0.134. The van der Waals surface area contributed by atoms with E-state index in [-0.39, 0.29) is 6.10 Å². The molecule has 1 unspecified atom stereocenters. The van der Waals surface area contributed by atoms with Crippen molar-refractivity contribution < 1.29 is 9.53 Å². The molecule has 2 fully saturated rings. The number of piperidine rings is 1. The van der Waals surface area contributed by atoms with Gasteiger partial charge in [0.1, 0.15) is 11.3 Å². The van der Waals surface area contributed by atoms with E-state index in [9.17, 15) is 4.79 Å². The van der Waals surface area contributed by atoms with Crippen LogP contribution < -0.4 is 0 Å². The third-order valence-electron chi connectivity index (χ3n) is 6.49. The van der Waals surface area contributed by atoms with Gasteiger partial charge in [0.15, 0.2) is 0 Å². The number of carbonyl (C=O) groups excluding carboxylic acids is 1. The number of halogens is 1. The first kappa shape index (κ1) is 18.9. The molecule has 152 valence electrons. The molecule has 1 amide bonds. The first-order chi connectivity index (χ1) is 14.2. The lowest BCUT2D eigenvalue weighted by Crippen LogP contribution is -2.41. The molecule has 2 heterocycles. The van der Waals surface area contributed by atoms with Crippen LogP contribution >= 0.6 is 11.6 Å². The number of amides is 1. The Hall–Kier alpha value is -2.07. The lowest BCUT2D eigenvalue weighted by Gasteiger charge is -2.33. The highest BCUT2D eigenvalue weighted by atomic mass is 35.5. The Morgan fingerprint density at radius 1 is 1.10 bits per heavy atom. The average Bonchev–Trinajstić information content (AvgIpc) is 3.59. The summed E-state index contributed by atoms with van der Waals surface area (Å²) in [6.45, 7) is 1.68. The molecular formula is C24H27ClN2O2. The van der Waals surface area contributed by atoms with Crippen molar-refractivity contribution in [2.24, 2.45) is 16.8 Å². The maximum Gasteiger partial charge on any atom is 0.225 e. The highest BCUT2D eigenvalue weighted by Gasteiger charge is 2.35. The second-order valence-corrected chi connectivity index (χ2v) is 9.08. The highest BCUT2D eigenvalue weighted by molar-refractivity contribution is 6.65. The topological polar surface area (TPSA) is 41.9 Å². The second-order valence-electron chi connectivity index (χ2n) is 8.64. The summed E-state index contributed by atoms with van der Waals surface area (Å²) in [5.74, 6) is 2.11. The molecule has 0 bridgehead atoms. The maximum absolute atomic E-state index is 12.2. The number of likely N-dealkylation sites (tertiary alicyclic amines) is 1. The zero-order valence-corrected chi connectivity index (χ0v) is 17.4. The lowest BCUT2D eigenvalue weighted by atomic mass is 9.84. The van der Waals surface area contributed by atoms with Gasteiger partial charge in [0.25, 0.3) is 0 Å². The average molecular weight is 411 g/mol. The molecule has 0 radical (unpaired) electrons. The van der Waals surface area contributed by atoms with Gasteiger partial charge in [-0.2, -0.15) is 0 Å². The Morgan fingerprint density at radius 3 is 2.66 bits per heavy atom. The van der Waals surface area contributed by atoms with Crippen molar-refractivity contribution in [2.75, 3.05) is 13.1 Å². The molecule has 0 aromatic carbocycles. The van der Waals surface area contributed by atoms with Gasteiger partial charge in [-0.15, -0.1) is 0 Å². The van der Waals surface area contributed by atoms with E-state index >= 15 is 0 Å². The van der Waals surface area contributed by atoms with E-state index in [0.29, 0.717) is 22.9 Å². The Bertz CT molecular complexity index is 881. The number of hydrogen-bond acceptors (Lipinski definition) is 3. The summed E-state index contributed by atoms with van der Waals surface area (Å²) in [5.41, 5.74) is 3.89. The van der Waals surface area contributed by atoms with Gasteiger partial charge in [0.2, 0.25) is 5.91 Å². The first-order valence-electron chi connectivity index (χ1n) is 10.8. The molecule has 0 N–H and O–H groups in total. The SMILES string of the molecule is O=C(C1CC1)N1CCC(OC2=CC=C(C3=CC4CC(Cl)=NC=C4C=C3)CC2)CC1. The number of nitrogens with zero attached hydrogens (tertiary/aromatic N) is 2. The summed E-state index contributed by atoms with van der Waals surface area (Å²) < 4.78 is 6.27. The molecule has 1 saturated heterocycles. The number of ether oxygens (including phenoxy) is 1. The minimum Gasteiger partial charge on any atom is -0.495 e. The number of rotatable bonds is 4. The molecule has 1 atom stereocenters. The van der Waals surface area contributed by atoms with Crippen LogP contribution in [0.25, 0.3) is 0 Å². The molecule has 4 nitrogen and oxygen atoms in total. The van der Waals surface area contributed by atoms with Crippen molar-refractivity contribution in [3.63, 3.8) is 0 Å². The minimum absolute atomic E-state index is 0.240. The van der Waals surface area contributed by atoms with Gasteiger partial charge in [-0.3, -0.25) is 4.79 Å². The molecule has 29 heavy (non-hydrogen) atoms.